The molecular formula is C33H37FN6O2. The van der Waals surface area contributed by atoms with E-state index in [4.69, 9.17) is 0 Å². The number of rotatable bonds is 5. The second kappa shape index (κ2) is 13.0. The number of aryl methyl sites for hydroxylation is 1. The second-order valence-corrected chi connectivity index (χ2v) is 11.1. The Morgan fingerprint density at radius 3 is 2.43 bits per heavy atom. The van der Waals surface area contributed by atoms with Crippen molar-refractivity contribution in [3.05, 3.63) is 96.1 Å². The summed E-state index contributed by atoms with van der Waals surface area (Å²) >= 11 is 0. The van der Waals surface area contributed by atoms with Gasteiger partial charge in [-0.05, 0) is 66.4 Å². The number of pyridine rings is 1. The highest BCUT2D eigenvalue weighted by Crippen LogP contribution is 2.27. The molecule has 1 aliphatic rings. The molecule has 0 bridgehead atoms. The molecule has 2 aromatic carbocycles. The number of anilines is 2. The molecule has 5 rings (SSSR count). The average molecular weight is 569 g/mol. The first kappa shape index (κ1) is 29.0. The summed E-state index contributed by atoms with van der Waals surface area (Å²) in [7, 11) is 1.74. The Morgan fingerprint density at radius 1 is 0.929 bits per heavy atom. The van der Waals surface area contributed by atoms with Crippen LogP contribution in [0.15, 0.2) is 79.0 Å². The fourth-order valence-electron chi connectivity index (χ4n) is 5.34. The number of hydrogen-bond acceptors (Lipinski definition) is 5. The largest absolute Gasteiger partial charge is 0.355 e. The summed E-state index contributed by atoms with van der Waals surface area (Å²) in [4.78, 5) is 38.1. The average Bonchev–Trinajstić information content (AvgIpc) is 3.36. The molecule has 0 N–H and O–H groups in total. The number of para-hydroxylation sites is 1. The summed E-state index contributed by atoms with van der Waals surface area (Å²) in [6, 6.07) is 21.5. The van der Waals surface area contributed by atoms with Gasteiger partial charge in [0, 0.05) is 63.6 Å². The van der Waals surface area contributed by atoms with E-state index in [-0.39, 0.29) is 23.5 Å². The molecule has 4 aromatic rings. The van der Waals surface area contributed by atoms with Crippen molar-refractivity contribution in [3.8, 4) is 11.3 Å². The van der Waals surface area contributed by atoms with Crippen molar-refractivity contribution in [3.63, 3.8) is 0 Å². The van der Waals surface area contributed by atoms with Gasteiger partial charge in [0.05, 0.1) is 5.69 Å². The van der Waals surface area contributed by atoms with Crippen LogP contribution in [0.1, 0.15) is 42.7 Å². The standard InChI is InChI=1S/C33H37FN6O2/c1-24(2)21-32(41)40-18-8-17-38(31-11-6-7-16-35-31)19-20-39(23-26-9-4-5-10-29(26)40)33(42)30-22-28(36-37(30)3)25-12-14-27(34)15-13-25/h4-7,9-16,22,24H,8,17-21,23H2,1-3H3. The molecule has 0 atom stereocenters. The van der Waals surface area contributed by atoms with Crippen molar-refractivity contribution in [1.29, 1.82) is 0 Å². The molecule has 1 aliphatic heterocycles. The van der Waals surface area contributed by atoms with Crippen LogP contribution in [-0.2, 0) is 18.4 Å². The van der Waals surface area contributed by atoms with Crippen LogP contribution in [0.2, 0.25) is 0 Å². The van der Waals surface area contributed by atoms with E-state index in [1.807, 2.05) is 66.1 Å². The van der Waals surface area contributed by atoms with Crippen LogP contribution in [0.5, 0.6) is 0 Å². The summed E-state index contributed by atoms with van der Waals surface area (Å²) in [6.07, 6.45) is 2.97. The molecule has 3 heterocycles. The molecule has 0 radical (unpaired) electrons. The topological polar surface area (TPSA) is 74.6 Å². The highest BCUT2D eigenvalue weighted by Gasteiger charge is 2.26. The first-order valence-electron chi connectivity index (χ1n) is 14.4. The summed E-state index contributed by atoms with van der Waals surface area (Å²) in [6.45, 7) is 6.71. The van der Waals surface area contributed by atoms with Gasteiger partial charge in [-0.2, -0.15) is 5.10 Å². The van der Waals surface area contributed by atoms with E-state index >= 15 is 0 Å². The number of hydrogen-bond donors (Lipinski definition) is 0. The second-order valence-electron chi connectivity index (χ2n) is 11.1. The fourth-order valence-corrected chi connectivity index (χ4v) is 5.34. The Labute approximate surface area is 246 Å². The third-order valence-corrected chi connectivity index (χ3v) is 7.48. The predicted molar refractivity (Wildman–Crippen MR) is 163 cm³/mol. The zero-order chi connectivity index (χ0) is 29.6. The number of fused-ring (bicyclic) bond motifs is 1. The monoisotopic (exact) mass is 568 g/mol. The molecule has 8 nitrogen and oxygen atoms in total. The van der Waals surface area contributed by atoms with Crippen LogP contribution in [0.4, 0.5) is 15.9 Å². The number of carbonyl (C=O) groups excluding carboxylic acids is 2. The molecule has 0 saturated heterocycles. The van der Waals surface area contributed by atoms with Crippen molar-refractivity contribution in [1.82, 2.24) is 19.7 Å². The molecule has 2 aromatic heterocycles. The summed E-state index contributed by atoms with van der Waals surface area (Å²) in [5.74, 6) is 0.640. The third-order valence-electron chi connectivity index (χ3n) is 7.48. The van der Waals surface area contributed by atoms with E-state index in [9.17, 15) is 14.0 Å². The Kier molecular flexibility index (Phi) is 8.95. The van der Waals surface area contributed by atoms with E-state index in [2.05, 4.69) is 15.0 Å². The number of carbonyl (C=O) groups is 2. The van der Waals surface area contributed by atoms with Crippen LogP contribution in [0, 0.1) is 11.7 Å². The van der Waals surface area contributed by atoms with Crippen molar-refractivity contribution in [2.45, 2.75) is 33.2 Å². The Bertz CT molecular complexity index is 1520. The number of amides is 2. The van der Waals surface area contributed by atoms with Gasteiger partial charge in [-0.3, -0.25) is 14.3 Å². The van der Waals surface area contributed by atoms with E-state index in [1.165, 1.54) is 12.1 Å². The van der Waals surface area contributed by atoms with E-state index in [1.54, 1.807) is 36.1 Å². The number of nitrogens with zero attached hydrogens (tertiary/aromatic N) is 6. The lowest BCUT2D eigenvalue weighted by molar-refractivity contribution is -0.119. The SMILES string of the molecule is CC(C)CC(=O)N1CCCN(c2ccccn2)CCN(C(=O)c2cc(-c3ccc(F)cc3)nn2C)Cc2ccccc21. The minimum Gasteiger partial charge on any atom is -0.355 e. The molecule has 218 valence electrons. The van der Waals surface area contributed by atoms with Crippen LogP contribution in [0.3, 0.4) is 0 Å². The summed E-state index contributed by atoms with van der Waals surface area (Å²) in [5.41, 5.74) is 3.51. The number of benzene rings is 2. The lowest BCUT2D eigenvalue weighted by Gasteiger charge is -2.28. The molecular weight excluding hydrogens is 531 g/mol. The van der Waals surface area contributed by atoms with Crippen LogP contribution in [0.25, 0.3) is 11.3 Å². The van der Waals surface area contributed by atoms with Gasteiger partial charge >= 0.3 is 0 Å². The minimum absolute atomic E-state index is 0.0783. The van der Waals surface area contributed by atoms with E-state index < -0.39 is 0 Å². The Balaban J connectivity index is 1.52. The normalized spacial score (nSPS) is 14.5. The highest BCUT2D eigenvalue weighted by atomic mass is 19.1. The van der Waals surface area contributed by atoms with E-state index in [0.29, 0.717) is 50.5 Å². The quantitative estimate of drug-likeness (QED) is 0.316. The lowest BCUT2D eigenvalue weighted by Crippen LogP contribution is -2.39. The maximum absolute atomic E-state index is 14.2. The van der Waals surface area contributed by atoms with E-state index in [0.717, 1.165) is 29.1 Å². The summed E-state index contributed by atoms with van der Waals surface area (Å²) in [5, 5.41) is 4.56. The van der Waals surface area contributed by atoms with Gasteiger partial charge in [0.25, 0.3) is 5.91 Å². The smallest absolute Gasteiger partial charge is 0.272 e. The molecule has 2 amide bonds. The van der Waals surface area contributed by atoms with Gasteiger partial charge < -0.3 is 14.7 Å². The number of aromatic nitrogens is 3. The van der Waals surface area contributed by atoms with Gasteiger partial charge in [-0.1, -0.05) is 38.1 Å². The predicted octanol–water partition coefficient (Wildman–Crippen LogP) is 5.55. The zero-order valence-corrected chi connectivity index (χ0v) is 24.4. The highest BCUT2D eigenvalue weighted by molar-refractivity contribution is 5.95. The van der Waals surface area contributed by atoms with Gasteiger partial charge in [-0.25, -0.2) is 9.37 Å². The maximum Gasteiger partial charge on any atom is 0.272 e. The van der Waals surface area contributed by atoms with Gasteiger partial charge in [0.1, 0.15) is 17.3 Å². The van der Waals surface area contributed by atoms with Crippen LogP contribution >= 0.6 is 0 Å². The van der Waals surface area contributed by atoms with Gasteiger partial charge in [-0.15, -0.1) is 0 Å². The molecule has 0 spiro atoms. The fraction of sp³-hybridized carbons (Fsp3) is 0.333. The molecule has 0 saturated carbocycles. The molecule has 0 unspecified atom stereocenters. The molecule has 9 heteroatoms. The zero-order valence-electron chi connectivity index (χ0n) is 24.4. The first-order valence-corrected chi connectivity index (χ1v) is 14.4. The number of halogens is 1. The third kappa shape index (κ3) is 6.67. The summed E-state index contributed by atoms with van der Waals surface area (Å²) < 4.78 is 15.1. The van der Waals surface area contributed by atoms with Crippen LogP contribution in [-0.4, -0.2) is 57.7 Å². The molecule has 0 fully saturated rings. The van der Waals surface area contributed by atoms with Crippen LogP contribution < -0.4 is 9.80 Å². The molecule has 42 heavy (non-hydrogen) atoms. The minimum atomic E-state index is -0.327. The molecule has 0 aliphatic carbocycles. The van der Waals surface area contributed by atoms with Gasteiger partial charge in [0.2, 0.25) is 5.91 Å². The van der Waals surface area contributed by atoms with Crippen molar-refractivity contribution in [2.75, 3.05) is 36.0 Å². The Morgan fingerprint density at radius 2 is 1.69 bits per heavy atom. The van der Waals surface area contributed by atoms with Gasteiger partial charge in [0.15, 0.2) is 0 Å². The van der Waals surface area contributed by atoms with Crippen molar-refractivity contribution < 1.29 is 14.0 Å². The Hall–Kier alpha value is -4.53. The van der Waals surface area contributed by atoms with Crippen molar-refractivity contribution in [2.24, 2.45) is 13.0 Å². The maximum atomic E-state index is 14.2. The lowest BCUT2D eigenvalue weighted by atomic mass is 10.1. The first-order chi connectivity index (χ1) is 20.3. The van der Waals surface area contributed by atoms with Crippen molar-refractivity contribution >= 4 is 23.3 Å².